The number of rotatable bonds is 12. The van der Waals surface area contributed by atoms with E-state index in [1.807, 2.05) is 57.1 Å². The molecule has 0 fully saturated rings. The Morgan fingerprint density at radius 1 is 0.970 bits per heavy atom. The van der Waals surface area contributed by atoms with Crippen molar-refractivity contribution in [1.82, 2.24) is 15.5 Å². The minimum atomic E-state index is -0.700. The molecule has 2 N–H and O–H groups in total. The fraction of sp³-hybridized carbons (Fsp3) is 0.440. The second-order valence-electron chi connectivity index (χ2n) is 8.31. The second-order valence-corrected chi connectivity index (χ2v) is 8.31. The van der Waals surface area contributed by atoms with E-state index < -0.39 is 6.04 Å². The number of methoxy groups -OCH3 is 2. The Hall–Kier alpha value is -3.26. The molecule has 0 aliphatic rings. The molecule has 0 unspecified atom stereocenters. The van der Waals surface area contributed by atoms with Crippen molar-refractivity contribution in [3.63, 3.8) is 0 Å². The fourth-order valence-electron chi connectivity index (χ4n) is 3.09. The Morgan fingerprint density at radius 3 is 2.21 bits per heavy atom. The average molecular weight is 458 g/mol. The zero-order chi connectivity index (χ0) is 24.4. The van der Waals surface area contributed by atoms with Gasteiger partial charge < -0.3 is 29.7 Å². The monoisotopic (exact) mass is 457 g/mol. The van der Waals surface area contributed by atoms with E-state index >= 15 is 0 Å². The summed E-state index contributed by atoms with van der Waals surface area (Å²) in [6.07, 6.45) is 0. The average Bonchev–Trinajstić information content (AvgIpc) is 2.80. The lowest BCUT2D eigenvalue weighted by Crippen LogP contribution is -2.49. The number of amides is 2. The highest BCUT2D eigenvalue weighted by molar-refractivity contribution is 5.98. The van der Waals surface area contributed by atoms with Crippen molar-refractivity contribution in [1.29, 1.82) is 0 Å². The summed E-state index contributed by atoms with van der Waals surface area (Å²) in [5, 5.41) is 5.75. The van der Waals surface area contributed by atoms with Gasteiger partial charge in [0, 0.05) is 24.7 Å². The van der Waals surface area contributed by atoms with Crippen molar-refractivity contribution in [3.05, 3.63) is 53.6 Å². The van der Waals surface area contributed by atoms with Crippen LogP contribution < -0.4 is 24.8 Å². The van der Waals surface area contributed by atoms with Crippen LogP contribution in [0.15, 0.2) is 42.5 Å². The molecule has 2 rings (SSSR count). The molecular weight excluding hydrogens is 422 g/mol. The number of benzene rings is 2. The van der Waals surface area contributed by atoms with Gasteiger partial charge in [0.15, 0.2) is 0 Å². The standard InChI is InChI=1S/C25H35N3O5/c1-17(2)23(27-24(29)19-13-21(31-5)15-22(14-19)32-6)25(30)26-16-18-8-7-9-20(12-18)33-11-10-28(3)4/h7-9,12-15,17,23H,10-11,16H2,1-6H3,(H,26,30)(H,27,29)/t23-/m1/s1. The van der Waals surface area contributed by atoms with Crippen LogP contribution in [0, 0.1) is 5.92 Å². The minimum Gasteiger partial charge on any atom is -0.497 e. The van der Waals surface area contributed by atoms with Gasteiger partial charge in [-0.15, -0.1) is 0 Å². The van der Waals surface area contributed by atoms with Gasteiger partial charge in [0.05, 0.1) is 14.2 Å². The maximum atomic E-state index is 12.9. The van der Waals surface area contributed by atoms with E-state index in [-0.39, 0.29) is 17.7 Å². The molecule has 0 spiro atoms. The van der Waals surface area contributed by atoms with Crippen LogP contribution in [-0.4, -0.2) is 64.2 Å². The lowest BCUT2D eigenvalue weighted by Gasteiger charge is -2.22. The third-order valence-corrected chi connectivity index (χ3v) is 5.02. The van der Waals surface area contributed by atoms with Gasteiger partial charge in [0.25, 0.3) is 5.91 Å². The van der Waals surface area contributed by atoms with Crippen molar-refractivity contribution in [2.75, 3.05) is 41.5 Å². The number of nitrogens with one attached hydrogen (secondary N) is 2. The summed E-state index contributed by atoms with van der Waals surface area (Å²) >= 11 is 0. The Morgan fingerprint density at radius 2 is 1.64 bits per heavy atom. The van der Waals surface area contributed by atoms with Crippen LogP contribution in [0.3, 0.4) is 0 Å². The Kier molecular flexibility index (Phi) is 10.00. The van der Waals surface area contributed by atoms with Crippen LogP contribution >= 0.6 is 0 Å². The zero-order valence-corrected chi connectivity index (χ0v) is 20.3. The number of carbonyl (C=O) groups is 2. The summed E-state index contributed by atoms with van der Waals surface area (Å²) in [7, 11) is 7.01. The van der Waals surface area contributed by atoms with Crippen LogP contribution in [0.5, 0.6) is 17.2 Å². The van der Waals surface area contributed by atoms with E-state index in [4.69, 9.17) is 14.2 Å². The molecule has 0 aromatic heterocycles. The molecule has 0 heterocycles. The van der Waals surface area contributed by atoms with Gasteiger partial charge in [0.1, 0.15) is 29.9 Å². The van der Waals surface area contributed by atoms with Crippen LogP contribution in [-0.2, 0) is 11.3 Å². The van der Waals surface area contributed by atoms with E-state index in [1.165, 1.54) is 14.2 Å². The largest absolute Gasteiger partial charge is 0.497 e. The van der Waals surface area contributed by atoms with Crippen LogP contribution in [0.4, 0.5) is 0 Å². The number of ether oxygens (including phenoxy) is 3. The molecule has 0 saturated carbocycles. The van der Waals surface area contributed by atoms with Crippen LogP contribution in [0.1, 0.15) is 29.8 Å². The molecule has 8 nitrogen and oxygen atoms in total. The lowest BCUT2D eigenvalue weighted by molar-refractivity contribution is -0.124. The molecule has 0 radical (unpaired) electrons. The van der Waals surface area contributed by atoms with Gasteiger partial charge in [-0.05, 0) is 49.8 Å². The maximum Gasteiger partial charge on any atom is 0.252 e. The van der Waals surface area contributed by atoms with Crippen molar-refractivity contribution in [2.45, 2.75) is 26.4 Å². The summed E-state index contributed by atoms with van der Waals surface area (Å²) in [4.78, 5) is 27.8. The van der Waals surface area contributed by atoms with E-state index in [9.17, 15) is 9.59 Å². The molecule has 2 amide bonds. The van der Waals surface area contributed by atoms with Crippen molar-refractivity contribution in [2.24, 2.45) is 5.92 Å². The second kappa shape index (κ2) is 12.7. The highest BCUT2D eigenvalue weighted by atomic mass is 16.5. The smallest absolute Gasteiger partial charge is 0.252 e. The molecule has 0 aliphatic heterocycles. The van der Waals surface area contributed by atoms with Gasteiger partial charge in [-0.25, -0.2) is 0 Å². The van der Waals surface area contributed by atoms with Crippen LogP contribution in [0.25, 0.3) is 0 Å². The molecule has 8 heteroatoms. The summed E-state index contributed by atoms with van der Waals surface area (Å²) in [5.41, 5.74) is 1.27. The maximum absolute atomic E-state index is 12.9. The molecular formula is C25H35N3O5. The van der Waals surface area contributed by atoms with Crippen molar-refractivity contribution >= 4 is 11.8 Å². The molecule has 33 heavy (non-hydrogen) atoms. The third-order valence-electron chi connectivity index (χ3n) is 5.02. The lowest BCUT2D eigenvalue weighted by atomic mass is 10.0. The van der Waals surface area contributed by atoms with Crippen molar-refractivity contribution < 1.29 is 23.8 Å². The predicted molar refractivity (Wildman–Crippen MR) is 128 cm³/mol. The molecule has 0 saturated heterocycles. The topological polar surface area (TPSA) is 89.1 Å². The summed E-state index contributed by atoms with van der Waals surface area (Å²) in [6, 6.07) is 11.8. The van der Waals surface area contributed by atoms with Gasteiger partial charge in [-0.2, -0.15) is 0 Å². The van der Waals surface area contributed by atoms with Crippen LogP contribution in [0.2, 0.25) is 0 Å². The molecule has 1 atom stereocenters. The zero-order valence-electron chi connectivity index (χ0n) is 20.3. The number of hydrogen-bond donors (Lipinski definition) is 2. The van der Waals surface area contributed by atoms with E-state index in [1.54, 1.807) is 18.2 Å². The first-order chi connectivity index (χ1) is 15.7. The van der Waals surface area contributed by atoms with E-state index in [2.05, 4.69) is 10.6 Å². The highest BCUT2D eigenvalue weighted by Crippen LogP contribution is 2.22. The Bertz CT molecular complexity index is 908. The third kappa shape index (κ3) is 8.31. The minimum absolute atomic E-state index is 0.109. The molecule has 180 valence electrons. The highest BCUT2D eigenvalue weighted by Gasteiger charge is 2.25. The van der Waals surface area contributed by atoms with E-state index in [0.29, 0.717) is 30.2 Å². The quantitative estimate of drug-likeness (QED) is 0.510. The van der Waals surface area contributed by atoms with Crippen molar-refractivity contribution in [3.8, 4) is 17.2 Å². The number of likely N-dealkylation sites (N-methyl/N-ethyl adjacent to an activating group) is 1. The summed E-state index contributed by atoms with van der Waals surface area (Å²) < 4.78 is 16.2. The summed E-state index contributed by atoms with van der Waals surface area (Å²) in [6.45, 7) is 5.50. The summed E-state index contributed by atoms with van der Waals surface area (Å²) in [5.74, 6) is 1.01. The van der Waals surface area contributed by atoms with Gasteiger partial charge >= 0.3 is 0 Å². The first-order valence-electron chi connectivity index (χ1n) is 10.9. The molecule has 0 aliphatic carbocycles. The van der Waals surface area contributed by atoms with Gasteiger partial charge in [-0.1, -0.05) is 26.0 Å². The predicted octanol–water partition coefficient (Wildman–Crippen LogP) is 2.72. The Labute approximate surface area is 196 Å². The fourth-order valence-corrected chi connectivity index (χ4v) is 3.09. The first-order valence-corrected chi connectivity index (χ1v) is 10.9. The number of hydrogen-bond acceptors (Lipinski definition) is 6. The first kappa shape index (κ1) is 26.0. The van der Waals surface area contributed by atoms with Gasteiger partial charge in [0.2, 0.25) is 5.91 Å². The normalized spacial score (nSPS) is 11.8. The molecule has 0 bridgehead atoms. The van der Waals surface area contributed by atoms with Gasteiger partial charge in [-0.3, -0.25) is 9.59 Å². The van der Waals surface area contributed by atoms with E-state index in [0.717, 1.165) is 17.9 Å². The Balaban J connectivity index is 2.01. The number of nitrogens with zero attached hydrogens (tertiary/aromatic N) is 1. The molecule has 2 aromatic carbocycles. The number of carbonyl (C=O) groups excluding carboxylic acids is 2. The molecule has 2 aromatic rings. The SMILES string of the molecule is COc1cc(OC)cc(C(=O)N[C@@H](C(=O)NCc2cccc(OCCN(C)C)c2)C(C)C)c1.